The first kappa shape index (κ1) is 21.6. The number of fused-ring (bicyclic) bond motifs is 1. The summed E-state index contributed by atoms with van der Waals surface area (Å²) < 4.78 is 12.4. The Bertz CT molecular complexity index is 1030. The Morgan fingerprint density at radius 2 is 2.07 bits per heavy atom. The summed E-state index contributed by atoms with van der Waals surface area (Å²) in [6.07, 6.45) is 3.87. The van der Waals surface area contributed by atoms with Crippen molar-refractivity contribution in [1.29, 1.82) is 0 Å². The molecule has 3 N–H and O–H groups in total. The van der Waals surface area contributed by atoms with E-state index in [0.717, 1.165) is 34.2 Å². The lowest BCUT2D eigenvalue weighted by Crippen LogP contribution is -2.19. The van der Waals surface area contributed by atoms with Crippen molar-refractivity contribution in [2.45, 2.75) is 33.1 Å². The van der Waals surface area contributed by atoms with Gasteiger partial charge in [0, 0.05) is 0 Å². The summed E-state index contributed by atoms with van der Waals surface area (Å²) in [5.41, 5.74) is 10.8. The maximum atomic E-state index is 12.2. The van der Waals surface area contributed by atoms with Crippen LogP contribution in [0.15, 0.2) is 41.5 Å². The number of rotatable bonds is 10. The van der Waals surface area contributed by atoms with Crippen molar-refractivity contribution in [3.63, 3.8) is 0 Å². The summed E-state index contributed by atoms with van der Waals surface area (Å²) in [5.74, 6) is 1.18. The van der Waals surface area contributed by atoms with Crippen molar-refractivity contribution in [1.82, 2.24) is 10.4 Å². The van der Waals surface area contributed by atoms with E-state index in [-0.39, 0.29) is 12.3 Å². The first-order chi connectivity index (χ1) is 14.6. The van der Waals surface area contributed by atoms with E-state index in [0.29, 0.717) is 29.8 Å². The van der Waals surface area contributed by atoms with Gasteiger partial charge in [-0.2, -0.15) is 5.10 Å². The zero-order chi connectivity index (χ0) is 21.3. The Kier molecular flexibility index (Phi) is 7.62. The molecule has 0 unspecified atom stereocenters. The molecule has 30 heavy (non-hydrogen) atoms. The molecule has 3 aromatic rings. The van der Waals surface area contributed by atoms with Crippen LogP contribution in [0.2, 0.25) is 0 Å². The molecule has 0 radical (unpaired) electrons. The smallest absolute Gasteiger partial charge is 0.244 e. The highest BCUT2D eigenvalue weighted by molar-refractivity contribution is 7.22. The lowest BCUT2D eigenvalue weighted by Gasteiger charge is -2.12. The lowest BCUT2D eigenvalue weighted by molar-refractivity contribution is -0.120. The van der Waals surface area contributed by atoms with Crippen LogP contribution in [0.4, 0.5) is 5.13 Å². The molecule has 3 rings (SSSR count). The number of benzene rings is 2. The van der Waals surface area contributed by atoms with Crippen LogP contribution in [0.25, 0.3) is 10.2 Å². The first-order valence-corrected chi connectivity index (χ1v) is 10.8. The second kappa shape index (κ2) is 10.6. The van der Waals surface area contributed by atoms with Gasteiger partial charge in [-0.05, 0) is 54.8 Å². The number of hydrogen-bond acceptors (Lipinski definition) is 7. The van der Waals surface area contributed by atoms with Gasteiger partial charge in [0.2, 0.25) is 5.91 Å². The number of nitrogens with zero attached hydrogens (tertiary/aromatic N) is 2. The third-order valence-electron chi connectivity index (χ3n) is 4.26. The normalized spacial score (nSPS) is 11.1. The molecule has 0 fully saturated rings. The molecule has 8 heteroatoms. The number of hydrazone groups is 1. The molecule has 0 saturated heterocycles. The third-order valence-corrected chi connectivity index (χ3v) is 5.11. The number of carbonyl (C=O) groups is 1. The molecule has 7 nitrogen and oxygen atoms in total. The molecule has 1 amide bonds. The average molecular weight is 427 g/mol. The van der Waals surface area contributed by atoms with E-state index in [4.69, 9.17) is 15.2 Å². The van der Waals surface area contributed by atoms with Gasteiger partial charge in [-0.1, -0.05) is 30.7 Å². The predicted octanol–water partition coefficient (Wildman–Crippen LogP) is 4.15. The topological polar surface area (TPSA) is 98.8 Å². The number of nitrogen functional groups attached to an aromatic ring is 1. The van der Waals surface area contributed by atoms with Gasteiger partial charge in [0.15, 0.2) is 16.6 Å². The van der Waals surface area contributed by atoms with E-state index in [2.05, 4.69) is 22.4 Å². The minimum Gasteiger partial charge on any atom is -0.490 e. The van der Waals surface area contributed by atoms with Crippen molar-refractivity contribution in [2.24, 2.45) is 5.10 Å². The Labute approximate surface area is 179 Å². The third kappa shape index (κ3) is 5.93. The SMILES string of the molecule is CCCCOc1ccc(/C=N\NC(=O)Cc2ccc3nc(N)sc3c2)cc1OCC. The second-order valence-corrected chi connectivity index (χ2v) is 7.73. The molecule has 158 valence electrons. The monoisotopic (exact) mass is 426 g/mol. The number of nitrogens with one attached hydrogen (secondary N) is 1. The fraction of sp³-hybridized carbons (Fsp3) is 0.318. The maximum Gasteiger partial charge on any atom is 0.244 e. The number of anilines is 1. The molecule has 0 atom stereocenters. The molecule has 0 saturated carbocycles. The van der Waals surface area contributed by atoms with E-state index in [9.17, 15) is 4.79 Å². The minimum atomic E-state index is -0.201. The van der Waals surface area contributed by atoms with E-state index >= 15 is 0 Å². The lowest BCUT2D eigenvalue weighted by atomic mass is 10.1. The molecule has 0 aliphatic rings. The van der Waals surface area contributed by atoms with Crippen molar-refractivity contribution in [3.05, 3.63) is 47.5 Å². The minimum absolute atomic E-state index is 0.201. The van der Waals surface area contributed by atoms with Crippen LogP contribution < -0.4 is 20.6 Å². The standard InChI is InChI=1S/C22H26N4O3S/c1-3-5-10-29-18-9-7-16(11-19(18)28-4-2)14-24-26-21(27)13-15-6-8-17-20(12-15)30-22(23)25-17/h6-9,11-12,14H,3-5,10,13H2,1-2H3,(H2,23,25)(H,26,27)/b24-14-. The highest BCUT2D eigenvalue weighted by Crippen LogP contribution is 2.28. The fourth-order valence-corrected chi connectivity index (χ4v) is 3.62. The van der Waals surface area contributed by atoms with Gasteiger partial charge in [-0.25, -0.2) is 10.4 Å². The molecule has 1 aromatic heterocycles. The number of thiazole rings is 1. The molecule has 0 aliphatic carbocycles. The van der Waals surface area contributed by atoms with Gasteiger partial charge in [-0.15, -0.1) is 0 Å². The van der Waals surface area contributed by atoms with Gasteiger partial charge in [-0.3, -0.25) is 4.79 Å². The van der Waals surface area contributed by atoms with Crippen LogP contribution in [0.3, 0.4) is 0 Å². The number of unbranched alkanes of at least 4 members (excludes halogenated alkanes) is 1. The number of aromatic nitrogens is 1. The summed E-state index contributed by atoms with van der Waals surface area (Å²) in [6.45, 7) is 5.24. The van der Waals surface area contributed by atoms with Crippen molar-refractivity contribution in [3.8, 4) is 11.5 Å². The van der Waals surface area contributed by atoms with Crippen LogP contribution in [-0.4, -0.2) is 30.3 Å². The highest BCUT2D eigenvalue weighted by Gasteiger charge is 2.07. The summed E-state index contributed by atoms with van der Waals surface area (Å²) in [7, 11) is 0. The van der Waals surface area contributed by atoms with Crippen LogP contribution in [0, 0.1) is 0 Å². The van der Waals surface area contributed by atoms with Gasteiger partial charge < -0.3 is 15.2 Å². The second-order valence-electron chi connectivity index (χ2n) is 6.67. The van der Waals surface area contributed by atoms with Crippen LogP contribution in [0.5, 0.6) is 11.5 Å². The maximum absolute atomic E-state index is 12.2. The van der Waals surface area contributed by atoms with Gasteiger partial charge in [0.25, 0.3) is 0 Å². The van der Waals surface area contributed by atoms with Gasteiger partial charge in [0.1, 0.15) is 0 Å². The summed E-state index contributed by atoms with van der Waals surface area (Å²) in [6, 6.07) is 11.3. The first-order valence-electron chi connectivity index (χ1n) is 9.95. The molecule has 0 spiro atoms. The predicted molar refractivity (Wildman–Crippen MR) is 121 cm³/mol. The number of nitrogens with two attached hydrogens (primary N) is 1. The van der Waals surface area contributed by atoms with Crippen molar-refractivity contribution in [2.75, 3.05) is 18.9 Å². The Morgan fingerprint density at radius 3 is 2.87 bits per heavy atom. The Morgan fingerprint density at radius 1 is 1.20 bits per heavy atom. The average Bonchev–Trinajstić information content (AvgIpc) is 3.09. The molecular weight excluding hydrogens is 400 g/mol. The molecule has 0 aliphatic heterocycles. The largest absolute Gasteiger partial charge is 0.490 e. The number of hydrogen-bond donors (Lipinski definition) is 2. The van der Waals surface area contributed by atoms with Crippen molar-refractivity contribution >= 4 is 38.8 Å². The van der Waals surface area contributed by atoms with Gasteiger partial charge >= 0.3 is 0 Å². The zero-order valence-corrected chi connectivity index (χ0v) is 18.0. The van der Waals surface area contributed by atoms with Crippen LogP contribution in [0.1, 0.15) is 37.8 Å². The molecule has 1 heterocycles. The molecular formula is C22H26N4O3S. The quantitative estimate of drug-likeness (QED) is 0.288. The molecule has 0 bridgehead atoms. The fourth-order valence-electron chi connectivity index (χ4n) is 2.82. The number of carbonyl (C=O) groups excluding carboxylic acids is 1. The van der Waals surface area contributed by atoms with E-state index in [1.54, 1.807) is 6.21 Å². The summed E-state index contributed by atoms with van der Waals surface area (Å²) in [5, 5.41) is 4.58. The number of amides is 1. The highest BCUT2D eigenvalue weighted by atomic mass is 32.1. The van der Waals surface area contributed by atoms with E-state index < -0.39 is 0 Å². The van der Waals surface area contributed by atoms with Crippen LogP contribution in [-0.2, 0) is 11.2 Å². The Hall–Kier alpha value is -3.13. The summed E-state index contributed by atoms with van der Waals surface area (Å²) >= 11 is 1.40. The van der Waals surface area contributed by atoms with E-state index in [1.807, 2.05) is 43.3 Å². The van der Waals surface area contributed by atoms with Crippen molar-refractivity contribution < 1.29 is 14.3 Å². The molecule has 2 aromatic carbocycles. The number of ether oxygens (including phenoxy) is 2. The van der Waals surface area contributed by atoms with Crippen LogP contribution >= 0.6 is 11.3 Å². The van der Waals surface area contributed by atoms with Gasteiger partial charge in [0.05, 0.1) is 36.1 Å². The van der Waals surface area contributed by atoms with E-state index in [1.165, 1.54) is 11.3 Å². The summed E-state index contributed by atoms with van der Waals surface area (Å²) in [4.78, 5) is 16.4. The zero-order valence-electron chi connectivity index (χ0n) is 17.2. The Balaban J connectivity index is 1.58.